The molecule has 3 aromatic heterocycles. The molecule has 1 aliphatic rings. The minimum absolute atomic E-state index is 0.223. The van der Waals surface area contributed by atoms with E-state index >= 15 is 0 Å². The average Bonchev–Trinajstić information content (AvgIpc) is 3.58. The van der Waals surface area contributed by atoms with E-state index in [0.29, 0.717) is 17.9 Å². The Bertz CT molecular complexity index is 1490. The summed E-state index contributed by atoms with van der Waals surface area (Å²) in [6.45, 7) is 2.26. The van der Waals surface area contributed by atoms with Gasteiger partial charge in [-0.3, -0.25) is 19.7 Å². The van der Waals surface area contributed by atoms with Crippen LogP contribution in [-0.2, 0) is 6.54 Å². The number of halogens is 1. The molecule has 5 aromatic rings. The molecular weight excluding hydrogens is 455 g/mol. The molecule has 0 aliphatic carbocycles. The third-order valence-corrected chi connectivity index (χ3v) is 6.98. The van der Waals surface area contributed by atoms with Crippen molar-refractivity contribution in [2.75, 3.05) is 20.2 Å². The number of hydrogen-bond acceptors (Lipinski definition) is 5. The molecule has 36 heavy (non-hydrogen) atoms. The molecule has 0 amide bonds. The third-order valence-electron chi connectivity index (χ3n) is 6.98. The summed E-state index contributed by atoms with van der Waals surface area (Å²) < 4.78 is 22.0. The van der Waals surface area contributed by atoms with Crippen molar-refractivity contribution in [1.29, 1.82) is 0 Å². The van der Waals surface area contributed by atoms with Crippen molar-refractivity contribution in [3.8, 4) is 28.1 Å². The molecule has 1 atom stereocenters. The van der Waals surface area contributed by atoms with Crippen LogP contribution in [0.2, 0.25) is 0 Å². The lowest BCUT2D eigenvalue weighted by Gasteiger charge is -2.33. The van der Waals surface area contributed by atoms with E-state index in [1.165, 1.54) is 6.07 Å². The van der Waals surface area contributed by atoms with Gasteiger partial charge in [0, 0.05) is 53.8 Å². The number of nitrogens with one attached hydrogen (secondary N) is 1. The molecule has 1 saturated heterocycles. The van der Waals surface area contributed by atoms with Crippen molar-refractivity contribution in [3.05, 3.63) is 84.7 Å². The highest BCUT2D eigenvalue weighted by atomic mass is 19.1. The van der Waals surface area contributed by atoms with Crippen LogP contribution in [0.3, 0.4) is 0 Å². The predicted molar refractivity (Wildman–Crippen MR) is 137 cm³/mol. The van der Waals surface area contributed by atoms with Gasteiger partial charge in [-0.05, 0) is 61.3 Å². The van der Waals surface area contributed by atoms with E-state index in [9.17, 15) is 4.39 Å². The number of H-pyrrole nitrogens is 1. The minimum Gasteiger partial charge on any atom is -0.496 e. The Balaban J connectivity index is 1.23. The average molecular weight is 483 g/mol. The van der Waals surface area contributed by atoms with Crippen LogP contribution in [0.1, 0.15) is 24.4 Å². The summed E-state index contributed by atoms with van der Waals surface area (Å²) >= 11 is 0. The lowest BCUT2D eigenvalue weighted by Crippen LogP contribution is -2.36. The van der Waals surface area contributed by atoms with E-state index in [2.05, 4.69) is 49.2 Å². The standard InChI is InChI=1S/C28H27FN6O/c1-36-27-6-2-5-25(29)24(27)18-34-13-3-4-22(17-34)35-16-21(15-31-35)20-7-8-26-23(14-20)28(33-32-26)19-9-11-30-12-10-19/h2,5-12,14-16,22H,3-4,13,17-18H2,1H3,(H,32,33). The Morgan fingerprint density at radius 1 is 1.08 bits per heavy atom. The van der Waals surface area contributed by atoms with Gasteiger partial charge in [-0.15, -0.1) is 0 Å². The second-order valence-corrected chi connectivity index (χ2v) is 9.23. The summed E-state index contributed by atoms with van der Waals surface area (Å²) in [5.41, 5.74) is 5.69. The van der Waals surface area contributed by atoms with Crippen LogP contribution in [0.4, 0.5) is 4.39 Å². The lowest BCUT2D eigenvalue weighted by atomic mass is 10.0. The topological polar surface area (TPSA) is 71.9 Å². The first-order valence-corrected chi connectivity index (χ1v) is 12.2. The van der Waals surface area contributed by atoms with Gasteiger partial charge in [-0.2, -0.15) is 10.2 Å². The number of benzene rings is 2. The minimum atomic E-state index is -0.223. The summed E-state index contributed by atoms with van der Waals surface area (Å²) in [6.07, 6.45) is 9.67. The maximum atomic E-state index is 14.5. The maximum absolute atomic E-state index is 14.5. The first-order valence-electron chi connectivity index (χ1n) is 12.2. The summed E-state index contributed by atoms with van der Waals surface area (Å²) in [4.78, 5) is 6.40. The third kappa shape index (κ3) is 4.24. The molecule has 182 valence electrons. The summed E-state index contributed by atoms with van der Waals surface area (Å²) in [6, 6.07) is 15.5. The molecule has 1 fully saturated rings. The molecule has 1 aliphatic heterocycles. The molecule has 0 spiro atoms. The highest BCUT2D eigenvalue weighted by Gasteiger charge is 2.24. The zero-order valence-corrected chi connectivity index (χ0v) is 20.1. The van der Waals surface area contributed by atoms with Gasteiger partial charge in [0.1, 0.15) is 17.3 Å². The molecule has 7 nitrogen and oxygen atoms in total. The summed E-state index contributed by atoms with van der Waals surface area (Å²) in [5, 5.41) is 13.4. The fraction of sp³-hybridized carbons (Fsp3) is 0.250. The number of aromatic nitrogens is 5. The summed E-state index contributed by atoms with van der Waals surface area (Å²) in [5.74, 6) is 0.373. The smallest absolute Gasteiger partial charge is 0.131 e. The Hall–Kier alpha value is -4.04. The zero-order valence-electron chi connectivity index (χ0n) is 20.1. The number of nitrogens with zero attached hydrogens (tertiary/aromatic N) is 5. The van der Waals surface area contributed by atoms with Gasteiger partial charge in [0.05, 0.1) is 24.9 Å². The zero-order chi connectivity index (χ0) is 24.5. The number of aromatic amines is 1. The molecule has 0 saturated carbocycles. The Kier molecular flexibility index (Phi) is 5.95. The van der Waals surface area contributed by atoms with Crippen LogP contribution in [0.25, 0.3) is 33.3 Å². The van der Waals surface area contributed by atoms with Gasteiger partial charge in [-0.25, -0.2) is 4.39 Å². The number of pyridine rings is 1. The largest absolute Gasteiger partial charge is 0.496 e. The number of fused-ring (bicyclic) bond motifs is 1. The Morgan fingerprint density at radius 2 is 1.97 bits per heavy atom. The number of hydrogen-bond donors (Lipinski definition) is 1. The highest BCUT2D eigenvalue weighted by molar-refractivity contribution is 5.95. The number of piperidine rings is 1. The Morgan fingerprint density at radius 3 is 2.83 bits per heavy atom. The van der Waals surface area contributed by atoms with Crippen LogP contribution in [0.5, 0.6) is 5.75 Å². The molecule has 8 heteroatoms. The molecule has 0 bridgehead atoms. The molecular formula is C28H27FN6O. The highest BCUT2D eigenvalue weighted by Crippen LogP contribution is 2.32. The number of ether oxygens (including phenoxy) is 1. The lowest BCUT2D eigenvalue weighted by molar-refractivity contribution is 0.160. The first kappa shape index (κ1) is 22.4. The van der Waals surface area contributed by atoms with E-state index in [4.69, 9.17) is 9.84 Å². The molecule has 4 heterocycles. The van der Waals surface area contributed by atoms with Crippen molar-refractivity contribution >= 4 is 10.9 Å². The molecule has 1 N–H and O–H groups in total. The van der Waals surface area contributed by atoms with Gasteiger partial charge in [0.2, 0.25) is 0 Å². The fourth-order valence-electron chi connectivity index (χ4n) is 5.11. The molecule has 0 radical (unpaired) electrons. The van der Waals surface area contributed by atoms with E-state index in [-0.39, 0.29) is 11.9 Å². The van der Waals surface area contributed by atoms with E-state index in [0.717, 1.165) is 59.2 Å². The molecule has 2 aromatic carbocycles. The quantitative estimate of drug-likeness (QED) is 0.347. The van der Waals surface area contributed by atoms with Crippen molar-refractivity contribution in [3.63, 3.8) is 0 Å². The SMILES string of the molecule is COc1cccc(F)c1CN1CCCC(n2cc(-c3ccc4[nH]nc(-c5ccncc5)c4c3)cn2)C1. The van der Waals surface area contributed by atoms with Gasteiger partial charge in [0.15, 0.2) is 0 Å². The van der Waals surface area contributed by atoms with Gasteiger partial charge in [0.25, 0.3) is 0 Å². The van der Waals surface area contributed by atoms with Crippen LogP contribution < -0.4 is 4.74 Å². The van der Waals surface area contributed by atoms with Gasteiger partial charge >= 0.3 is 0 Å². The van der Waals surface area contributed by atoms with Crippen molar-refractivity contribution in [2.45, 2.75) is 25.4 Å². The van der Waals surface area contributed by atoms with Crippen molar-refractivity contribution in [2.24, 2.45) is 0 Å². The van der Waals surface area contributed by atoms with Gasteiger partial charge < -0.3 is 4.74 Å². The summed E-state index contributed by atoms with van der Waals surface area (Å²) in [7, 11) is 1.59. The maximum Gasteiger partial charge on any atom is 0.131 e. The number of likely N-dealkylation sites (tertiary alicyclic amines) is 1. The predicted octanol–water partition coefficient (Wildman–Crippen LogP) is 5.47. The first-order chi connectivity index (χ1) is 17.7. The molecule has 6 rings (SSSR count). The number of methoxy groups -OCH3 is 1. The normalized spacial score (nSPS) is 16.4. The van der Waals surface area contributed by atoms with E-state index in [1.807, 2.05) is 24.4 Å². The van der Waals surface area contributed by atoms with Crippen LogP contribution in [0.15, 0.2) is 73.3 Å². The van der Waals surface area contributed by atoms with E-state index in [1.54, 1.807) is 25.6 Å². The molecule has 1 unspecified atom stereocenters. The Labute approximate surface area is 208 Å². The van der Waals surface area contributed by atoms with Crippen LogP contribution in [-0.4, -0.2) is 50.1 Å². The van der Waals surface area contributed by atoms with E-state index < -0.39 is 0 Å². The monoisotopic (exact) mass is 482 g/mol. The van der Waals surface area contributed by atoms with Gasteiger partial charge in [-0.1, -0.05) is 12.1 Å². The van der Waals surface area contributed by atoms with Crippen molar-refractivity contribution < 1.29 is 9.13 Å². The van der Waals surface area contributed by atoms with Crippen LogP contribution >= 0.6 is 0 Å². The van der Waals surface area contributed by atoms with Crippen LogP contribution in [0, 0.1) is 5.82 Å². The fourth-order valence-corrected chi connectivity index (χ4v) is 5.11. The number of rotatable bonds is 6. The second kappa shape index (κ2) is 9.54. The second-order valence-electron chi connectivity index (χ2n) is 9.23. The van der Waals surface area contributed by atoms with Crippen molar-refractivity contribution in [1.82, 2.24) is 29.9 Å².